The van der Waals surface area contributed by atoms with Crippen molar-refractivity contribution in [3.63, 3.8) is 0 Å². The van der Waals surface area contributed by atoms with E-state index >= 15 is 0 Å². The van der Waals surface area contributed by atoms with E-state index in [1.165, 1.54) is 18.2 Å². The average Bonchev–Trinajstić information content (AvgIpc) is 2.93. The molecule has 156 valence electrons. The van der Waals surface area contributed by atoms with Gasteiger partial charge in [0, 0.05) is 10.7 Å². The molecule has 1 N–H and O–H groups in total. The summed E-state index contributed by atoms with van der Waals surface area (Å²) in [6, 6.07) is 16.4. The van der Waals surface area contributed by atoms with Gasteiger partial charge in [-0.2, -0.15) is 0 Å². The normalized spacial score (nSPS) is 13.9. The standard InChI is InChI=1S/C25H20ClFN2O2/c1-14-7-9-20(15(2)11-14)22-23(28-19-6-4-5-18(27)13-19)25(31)29(24(22)30)21-10-8-17(26)12-16(21)3/h4-13,28H,1-3H3. The molecule has 4 nitrogen and oxygen atoms in total. The van der Waals surface area contributed by atoms with Gasteiger partial charge in [0.25, 0.3) is 11.8 Å². The fraction of sp³-hybridized carbons (Fsp3) is 0.120. The molecule has 3 aromatic carbocycles. The first-order valence-corrected chi connectivity index (χ1v) is 10.1. The molecule has 0 fully saturated rings. The van der Waals surface area contributed by atoms with Crippen LogP contribution in [0.15, 0.2) is 66.4 Å². The second kappa shape index (κ2) is 8.00. The quantitative estimate of drug-likeness (QED) is 0.528. The molecular formula is C25H20ClFN2O2. The Kier molecular flexibility index (Phi) is 5.38. The molecule has 1 heterocycles. The van der Waals surface area contributed by atoms with Crippen LogP contribution >= 0.6 is 11.6 Å². The summed E-state index contributed by atoms with van der Waals surface area (Å²) in [5, 5.41) is 3.50. The van der Waals surface area contributed by atoms with Crippen LogP contribution in [0.25, 0.3) is 5.57 Å². The molecule has 0 bridgehead atoms. The average molecular weight is 435 g/mol. The van der Waals surface area contributed by atoms with Gasteiger partial charge in [0.2, 0.25) is 0 Å². The van der Waals surface area contributed by atoms with Crippen LogP contribution in [0.5, 0.6) is 0 Å². The maximum absolute atomic E-state index is 13.7. The van der Waals surface area contributed by atoms with Crippen LogP contribution in [0.4, 0.5) is 15.8 Å². The summed E-state index contributed by atoms with van der Waals surface area (Å²) in [6.45, 7) is 5.64. The fourth-order valence-electron chi connectivity index (χ4n) is 3.79. The number of anilines is 2. The predicted molar refractivity (Wildman–Crippen MR) is 122 cm³/mol. The zero-order chi connectivity index (χ0) is 22.3. The van der Waals surface area contributed by atoms with Gasteiger partial charge in [-0.15, -0.1) is 0 Å². The van der Waals surface area contributed by atoms with E-state index in [1.807, 2.05) is 32.0 Å². The van der Waals surface area contributed by atoms with Crippen molar-refractivity contribution in [2.75, 3.05) is 10.2 Å². The predicted octanol–water partition coefficient (Wildman–Crippen LogP) is 5.80. The molecule has 0 saturated carbocycles. The zero-order valence-corrected chi connectivity index (χ0v) is 18.0. The number of benzene rings is 3. The van der Waals surface area contributed by atoms with Crippen LogP contribution in [0.2, 0.25) is 5.02 Å². The van der Waals surface area contributed by atoms with Gasteiger partial charge in [0.05, 0.1) is 11.3 Å². The number of hydrogen-bond acceptors (Lipinski definition) is 3. The van der Waals surface area contributed by atoms with Crippen LogP contribution in [0.3, 0.4) is 0 Å². The fourth-order valence-corrected chi connectivity index (χ4v) is 4.02. The van der Waals surface area contributed by atoms with Gasteiger partial charge < -0.3 is 5.32 Å². The third-order valence-electron chi connectivity index (χ3n) is 5.23. The minimum Gasteiger partial charge on any atom is -0.350 e. The Morgan fingerprint density at radius 1 is 0.871 bits per heavy atom. The first kappa shape index (κ1) is 20.8. The number of nitrogens with zero attached hydrogens (tertiary/aromatic N) is 1. The number of amides is 2. The van der Waals surface area contributed by atoms with Crippen molar-refractivity contribution in [3.8, 4) is 0 Å². The summed E-state index contributed by atoms with van der Waals surface area (Å²) in [6.07, 6.45) is 0. The summed E-state index contributed by atoms with van der Waals surface area (Å²) in [5.41, 5.74) is 4.45. The smallest absolute Gasteiger partial charge is 0.282 e. The lowest BCUT2D eigenvalue weighted by Crippen LogP contribution is -2.33. The third kappa shape index (κ3) is 3.84. The molecule has 0 aromatic heterocycles. The topological polar surface area (TPSA) is 49.4 Å². The van der Waals surface area contributed by atoms with Crippen LogP contribution < -0.4 is 10.2 Å². The van der Waals surface area contributed by atoms with Crippen molar-refractivity contribution >= 4 is 40.4 Å². The van der Waals surface area contributed by atoms with Crippen LogP contribution in [0.1, 0.15) is 22.3 Å². The van der Waals surface area contributed by atoms with Gasteiger partial charge in [-0.1, -0.05) is 41.4 Å². The molecular weight excluding hydrogens is 415 g/mol. The lowest BCUT2D eigenvalue weighted by atomic mass is 9.97. The van der Waals surface area contributed by atoms with Crippen molar-refractivity contribution in [2.45, 2.75) is 20.8 Å². The van der Waals surface area contributed by atoms with E-state index in [0.717, 1.165) is 16.0 Å². The summed E-state index contributed by atoms with van der Waals surface area (Å²) in [5.74, 6) is -1.39. The summed E-state index contributed by atoms with van der Waals surface area (Å²) >= 11 is 6.06. The first-order valence-electron chi connectivity index (χ1n) is 9.75. The van der Waals surface area contributed by atoms with Crippen molar-refractivity contribution in [2.24, 2.45) is 0 Å². The molecule has 0 atom stereocenters. The minimum atomic E-state index is -0.505. The minimum absolute atomic E-state index is 0.108. The molecule has 1 aliphatic heterocycles. The second-order valence-corrected chi connectivity index (χ2v) is 8.02. The van der Waals surface area contributed by atoms with E-state index in [4.69, 9.17) is 11.6 Å². The lowest BCUT2D eigenvalue weighted by molar-refractivity contribution is -0.120. The number of hydrogen-bond donors (Lipinski definition) is 1. The Labute approximate surface area is 185 Å². The maximum Gasteiger partial charge on any atom is 0.282 e. The highest BCUT2D eigenvalue weighted by atomic mass is 35.5. The van der Waals surface area contributed by atoms with E-state index < -0.39 is 17.6 Å². The number of nitrogens with one attached hydrogen (secondary N) is 1. The molecule has 1 aliphatic rings. The Hall–Kier alpha value is -3.44. The van der Waals surface area contributed by atoms with Gasteiger partial charge in [-0.3, -0.25) is 9.59 Å². The summed E-state index contributed by atoms with van der Waals surface area (Å²) in [7, 11) is 0. The zero-order valence-electron chi connectivity index (χ0n) is 17.3. The molecule has 0 spiro atoms. The molecule has 3 aromatic rings. The monoisotopic (exact) mass is 434 g/mol. The number of imide groups is 1. The van der Waals surface area contributed by atoms with E-state index in [-0.39, 0.29) is 11.3 Å². The SMILES string of the molecule is Cc1ccc(C2=C(Nc3cccc(F)c3)C(=O)N(c3ccc(Cl)cc3C)C2=O)c(C)c1. The molecule has 31 heavy (non-hydrogen) atoms. The first-order chi connectivity index (χ1) is 14.8. The molecule has 6 heteroatoms. The van der Waals surface area contributed by atoms with Crippen molar-refractivity contribution in [3.05, 3.63) is 99.5 Å². The van der Waals surface area contributed by atoms with Gasteiger partial charge in [0.1, 0.15) is 11.5 Å². The van der Waals surface area contributed by atoms with Gasteiger partial charge in [-0.05, 0) is 73.9 Å². The molecule has 0 saturated heterocycles. The van der Waals surface area contributed by atoms with Gasteiger partial charge >= 0.3 is 0 Å². The van der Waals surface area contributed by atoms with E-state index in [2.05, 4.69) is 5.32 Å². The Balaban J connectivity index is 1.88. The lowest BCUT2D eigenvalue weighted by Gasteiger charge is -2.18. The van der Waals surface area contributed by atoms with E-state index in [0.29, 0.717) is 27.5 Å². The third-order valence-corrected chi connectivity index (χ3v) is 5.46. The number of carbonyl (C=O) groups excluding carboxylic acids is 2. The molecule has 4 rings (SSSR count). The van der Waals surface area contributed by atoms with E-state index in [9.17, 15) is 14.0 Å². The van der Waals surface area contributed by atoms with Gasteiger partial charge in [0.15, 0.2) is 0 Å². The molecule has 2 amide bonds. The number of aryl methyl sites for hydroxylation is 3. The maximum atomic E-state index is 13.7. The van der Waals surface area contributed by atoms with Crippen molar-refractivity contribution in [1.82, 2.24) is 0 Å². The Morgan fingerprint density at radius 2 is 1.65 bits per heavy atom. The summed E-state index contributed by atoms with van der Waals surface area (Å²) < 4.78 is 13.7. The van der Waals surface area contributed by atoms with Crippen molar-refractivity contribution in [1.29, 1.82) is 0 Å². The number of halogens is 2. The number of rotatable bonds is 4. The number of carbonyl (C=O) groups is 2. The second-order valence-electron chi connectivity index (χ2n) is 7.58. The Morgan fingerprint density at radius 3 is 2.32 bits per heavy atom. The van der Waals surface area contributed by atoms with Crippen molar-refractivity contribution < 1.29 is 14.0 Å². The molecule has 0 radical (unpaired) electrons. The Bertz CT molecular complexity index is 1270. The largest absolute Gasteiger partial charge is 0.350 e. The van der Waals surface area contributed by atoms with Crippen LogP contribution in [-0.2, 0) is 9.59 Å². The highest BCUT2D eigenvalue weighted by Gasteiger charge is 2.41. The highest BCUT2D eigenvalue weighted by molar-refractivity contribution is 6.46. The molecule has 0 aliphatic carbocycles. The van der Waals surface area contributed by atoms with Gasteiger partial charge in [-0.25, -0.2) is 9.29 Å². The van der Waals surface area contributed by atoms with Crippen LogP contribution in [-0.4, -0.2) is 11.8 Å². The van der Waals surface area contributed by atoms with Crippen LogP contribution in [0, 0.1) is 26.6 Å². The highest BCUT2D eigenvalue weighted by Crippen LogP contribution is 2.37. The van der Waals surface area contributed by atoms with E-state index in [1.54, 1.807) is 31.2 Å². The molecule has 0 unspecified atom stereocenters. The summed E-state index contributed by atoms with van der Waals surface area (Å²) in [4.78, 5) is 28.2.